The molecule has 18 heavy (non-hydrogen) atoms. The van der Waals surface area contributed by atoms with E-state index in [0.717, 1.165) is 37.0 Å². The monoisotopic (exact) mass is 245 g/mol. The molecule has 0 amide bonds. The average Bonchev–Trinajstić information content (AvgIpc) is 3.03. The van der Waals surface area contributed by atoms with Crippen LogP contribution in [0.4, 0.5) is 0 Å². The minimum atomic E-state index is 0.334. The van der Waals surface area contributed by atoms with Crippen LogP contribution in [0.25, 0.3) is 0 Å². The molecule has 2 fully saturated rings. The first-order valence-electron chi connectivity index (χ1n) is 7.52. The summed E-state index contributed by atoms with van der Waals surface area (Å²) < 4.78 is 2.41. The molecule has 3 aliphatic rings. The Balaban J connectivity index is 1.69. The van der Waals surface area contributed by atoms with E-state index < -0.39 is 0 Å². The van der Waals surface area contributed by atoms with Gasteiger partial charge in [0, 0.05) is 31.1 Å². The topological polar surface area (TPSA) is 43.8 Å². The molecule has 4 rings (SSSR count). The summed E-state index contributed by atoms with van der Waals surface area (Å²) in [6.45, 7) is 0. The first-order valence-corrected chi connectivity index (χ1v) is 7.52. The third kappa shape index (κ3) is 1.49. The van der Waals surface area contributed by atoms with Crippen molar-refractivity contribution in [1.29, 1.82) is 0 Å². The maximum absolute atomic E-state index is 6.07. The molecule has 0 aliphatic heterocycles. The van der Waals surface area contributed by atoms with Gasteiger partial charge in [0.25, 0.3) is 0 Å². The van der Waals surface area contributed by atoms with E-state index in [1.165, 1.54) is 42.9 Å². The smallest absolute Gasteiger partial charge is 0.112 e. The lowest BCUT2D eigenvalue weighted by Crippen LogP contribution is -2.28. The van der Waals surface area contributed by atoms with E-state index in [4.69, 9.17) is 10.7 Å². The Labute approximate surface area is 109 Å². The molecule has 2 N–H and O–H groups in total. The zero-order chi connectivity index (χ0) is 12.3. The van der Waals surface area contributed by atoms with Gasteiger partial charge in [-0.2, -0.15) is 0 Å². The van der Waals surface area contributed by atoms with Crippen molar-refractivity contribution < 1.29 is 0 Å². The molecular weight excluding hydrogens is 222 g/mol. The lowest BCUT2D eigenvalue weighted by atomic mass is 9.88. The van der Waals surface area contributed by atoms with Crippen LogP contribution >= 0.6 is 0 Å². The van der Waals surface area contributed by atoms with E-state index >= 15 is 0 Å². The van der Waals surface area contributed by atoms with E-state index in [1.807, 2.05) is 0 Å². The highest BCUT2D eigenvalue weighted by Crippen LogP contribution is 2.52. The van der Waals surface area contributed by atoms with Gasteiger partial charge in [-0.3, -0.25) is 0 Å². The second-order valence-electron chi connectivity index (χ2n) is 6.71. The number of aromatic nitrogens is 2. The van der Waals surface area contributed by atoms with Gasteiger partial charge in [-0.15, -0.1) is 0 Å². The molecule has 3 nitrogen and oxygen atoms in total. The average molecular weight is 245 g/mol. The SMILES string of the molecule is Cn1c(C2CC3CCC2C3)nc2c1CCC(N)C2. The van der Waals surface area contributed by atoms with Crippen molar-refractivity contribution in [2.45, 2.75) is 56.9 Å². The molecule has 2 saturated carbocycles. The quantitative estimate of drug-likeness (QED) is 0.824. The number of nitrogens with zero attached hydrogens (tertiary/aromatic N) is 2. The molecule has 2 bridgehead atoms. The molecule has 1 aromatic heterocycles. The number of rotatable bonds is 1. The van der Waals surface area contributed by atoms with Crippen molar-refractivity contribution in [3.63, 3.8) is 0 Å². The van der Waals surface area contributed by atoms with Crippen molar-refractivity contribution in [2.24, 2.45) is 24.6 Å². The van der Waals surface area contributed by atoms with E-state index in [2.05, 4.69) is 11.6 Å². The molecular formula is C15H23N3. The predicted octanol–water partition coefficient (Wildman–Crippen LogP) is 2.14. The van der Waals surface area contributed by atoms with Gasteiger partial charge < -0.3 is 10.3 Å². The Morgan fingerprint density at radius 2 is 2.11 bits per heavy atom. The molecule has 98 valence electrons. The molecule has 4 atom stereocenters. The first-order chi connectivity index (χ1) is 8.72. The summed E-state index contributed by atoms with van der Waals surface area (Å²) in [6.07, 6.45) is 9.00. The predicted molar refractivity (Wildman–Crippen MR) is 71.4 cm³/mol. The van der Waals surface area contributed by atoms with Crippen LogP contribution in [0.2, 0.25) is 0 Å². The maximum atomic E-state index is 6.07. The summed E-state index contributed by atoms with van der Waals surface area (Å²) in [5.41, 5.74) is 8.84. The highest BCUT2D eigenvalue weighted by atomic mass is 15.1. The molecule has 3 aliphatic carbocycles. The van der Waals surface area contributed by atoms with Crippen LogP contribution in [0.5, 0.6) is 0 Å². The molecule has 4 unspecified atom stereocenters. The van der Waals surface area contributed by atoms with Gasteiger partial charge in [-0.1, -0.05) is 6.42 Å². The summed E-state index contributed by atoms with van der Waals surface area (Å²) in [5.74, 6) is 4.04. The fourth-order valence-electron chi connectivity index (χ4n) is 4.65. The van der Waals surface area contributed by atoms with Gasteiger partial charge in [0.1, 0.15) is 5.82 Å². The number of imidazole rings is 1. The third-order valence-corrected chi connectivity index (χ3v) is 5.61. The minimum Gasteiger partial charge on any atom is -0.335 e. The first kappa shape index (κ1) is 11.0. The van der Waals surface area contributed by atoms with E-state index in [0.29, 0.717) is 6.04 Å². The molecule has 0 spiro atoms. The van der Waals surface area contributed by atoms with E-state index in [-0.39, 0.29) is 0 Å². The van der Waals surface area contributed by atoms with Gasteiger partial charge in [0.15, 0.2) is 0 Å². The Hall–Kier alpha value is -0.830. The molecule has 3 heteroatoms. The molecule has 0 radical (unpaired) electrons. The van der Waals surface area contributed by atoms with Crippen LogP contribution in [-0.4, -0.2) is 15.6 Å². The molecule has 1 heterocycles. The highest BCUT2D eigenvalue weighted by molar-refractivity contribution is 5.24. The Morgan fingerprint density at radius 3 is 2.83 bits per heavy atom. The van der Waals surface area contributed by atoms with Crippen molar-refractivity contribution in [2.75, 3.05) is 0 Å². The van der Waals surface area contributed by atoms with Crippen LogP contribution in [0.1, 0.15) is 55.2 Å². The summed E-state index contributed by atoms with van der Waals surface area (Å²) in [6, 6.07) is 0.334. The van der Waals surface area contributed by atoms with Crippen LogP contribution in [0.15, 0.2) is 0 Å². The number of nitrogens with two attached hydrogens (primary N) is 1. The lowest BCUT2D eigenvalue weighted by molar-refractivity contribution is 0.397. The Bertz CT molecular complexity index is 476. The number of fused-ring (bicyclic) bond motifs is 3. The largest absolute Gasteiger partial charge is 0.335 e. The lowest BCUT2D eigenvalue weighted by Gasteiger charge is -2.21. The normalized spacial score (nSPS) is 38.1. The van der Waals surface area contributed by atoms with E-state index in [9.17, 15) is 0 Å². The van der Waals surface area contributed by atoms with Gasteiger partial charge in [0.2, 0.25) is 0 Å². The fraction of sp³-hybridized carbons (Fsp3) is 0.800. The van der Waals surface area contributed by atoms with Crippen molar-refractivity contribution in [3.8, 4) is 0 Å². The number of hydrogen-bond donors (Lipinski definition) is 1. The summed E-state index contributed by atoms with van der Waals surface area (Å²) in [7, 11) is 2.23. The second-order valence-corrected chi connectivity index (χ2v) is 6.71. The van der Waals surface area contributed by atoms with Crippen LogP contribution in [0.3, 0.4) is 0 Å². The van der Waals surface area contributed by atoms with Crippen molar-refractivity contribution in [1.82, 2.24) is 9.55 Å². The Kier molecular flexibility index (Phi) is 2.35. The van der Waals surface area contributed by atoms with Gasteiger partial charge in [-0.05, 0) is 43.9 Å². The van der Waals surface area contributed by atoms with Crippen LogP contribution < -0.4 is 5.73 Å². The zero-order valence-electron chi connectivity index (χ0n) is 11.2. The van der Waals surface area contributed by atoms with Gasteiger partial charge in [-0.25, -0.2) is 4.98 Å². The Morgan fingerprint density at radius 1 is 1.22 bits per heavy atom. The second kappa shape index (κ2) is 3.83. The van der Waals surface area contributed by atoms with Gasteiger partial charge >= 0.3 is 0 Å². The zero-order valence-corrected chi connectivity index (χ0v) is 11.2. The highest BCUT2D eigenvalue weighted by Gasteiger charge is 2.42. The standard InChI is InChI=1S/C15H23N3/c1-18-14-5-4-11(16)8-13(14)17-15(18)12-7-9-2-3-10(12)6-9/h9-12H,2-8,16H2,1H3. The summed E-state index contributed by atoms with van der Waals surface area (Å²) in [5, 5.41) is 0. The van der Waals surface area contributed by atoms with Crippen LogP contribution in [0, 0.1) is 11.8 Å². The third-order valence-electron chi connectivity index (χ3n) is 5.61. The summed E-state index contributed by atoms with van der Waals surface area (Å²) in [4.78, 5) is 4.98. The van der Waals surface area contributed by atoms with E-state index in [1.54, 1.807) is 0 Å². The van der Waals surface area contributed by atoms with Crippen molar-refractivity contribution in [3.05, 3.63) is 17.2 Å². The summed E-state index contributed by atoms with van der Waals surface area (Å²) >= 11 is 0. The molecule has 0 aromatic carbocycles. The number of hydrogen-bond acceptors (Lipinski definition) is 2. The molecule has 1 aromatic rings. The van der Waals surface area contributed by atoms with Crippen LogP contribution in [-0.2, 0) is 19.9 Å². The minimum absolute atomic E-state index is 0.334. The van der Waals surface area contributed by atoms with Crippen molar-refractivity contribution >= 4 is 0 Å². The maximum Gasteiger partial charge on any atom is 0.112 e. The fourth-order valence-corrected chi connectivity index (χ4v) is 4.65. The molecule has 0 saturated heterocycles. The van der Waals surface area contributed by atoms with Gasteiger partial charge in [0.05, 0.1) is 5.69 Å².